The summed E-state index contributed by atoms with van der Waals surface area (Å²) in [7, 11) is 0. The van der Waals surface area contributed by atoms with Crippen LogP contribution in [0.25, 0.3) is 0 Å². The van der Waals surface area contributed by atoms with Crippen LogP contribution in [0.1, 0.15) is 54.9 Å². The minimum absolute atomic E-state index is 0.306. The van der Waals surface area contributed by atoms with Crippen LogP contribution in [-0.2, 0) is 23.6 Å². The largest absolute Gasteiger partial charge is 0.325 e. The Hall–Kier alpha value is 0.800. The minimum atomic E-state index is -3.81. The molecule has 0 atom stereocenters. The van der Waals surface area contributed by atoms with Crippen molar-refractivity contribution in [1.82, 2.24) is 0 Å². The third kappa shape index (κ3) is 509. The average Bonchev–Trinajstić information content (AvgIpc) is 2.15. The molecule has 0 fully saturated rings. The molecule has 0 amide bonds. The van der Waals surface area contributed by atoms with Crippen molar-refractivity contribution in [3.05, 3.63) is 12.7 Å². The Morgan fingerprint density at radius 1 is 0.857 bits per heavy atom. The van der Waals surface area contributed by atoms with Crippen LogP contribution in [0.15, 0.2) is 12.7 Å². The molecule has 0 unspecified atom stereocenters. The van der Waals surface area contributed by atoms with Crippen molar-refractivity contribution in [2.75, 3.05) is 0 Å². The van der Waals surface area contributed by atoms with Crippen LogP contribution >= 0.6 is 13.4 Å². The molecule has 0 aromatic rings. The van der Waals surface area contributed by atoms with Gasteiger partial charge in [-0.05, 0) is 29.0 Å². The maximum absolute atomic E-state index is 7.56. The van der Waals surface area contributed by atoms with Crippen molar-refractivity contribution >= 4 is 37.1 Å². The number of hydrogen-bond donors (Lipinski definition) is 6. The van der Waals surface area contributed by atoms with Crippen molar-refractivity contribution in [3.8, 4) is 0 Å². The zero-order valence-corrected chi connectivity index (χ0v) is 17.3. The molecule has 0 saturated heterocycles. The van der Waals surface area contributed by atoms with E-state index in [0.717, 1.165) is 0 Å². The Balaban J connectivity index is -0.0000000532. The van der Waals surface area contributed by atoms with Gasteiger partial charge in [-0.15, -0.1) is 6.58 Å². The fourth-order valence-corrected chi connectivity index (χ4v) is 0. The first-order valence-electron chi connectivity index (χ1n) is 6.18. The molecule has 0 aliphatic rings. The molecular weight excluding hydrogens is 354 g/mol. The van der Waals surface area contributed by atoms with E-state index < -0.39 is 13.4 Å². The number of allylic oxidation sites excluding steroid dienone is 1. The molecule has 0 aliphatic carbocycles. The van der Waals surface area contributed by atoms with Crippen molar-refractivity contribution in [2.24, 2.45) is 5.41 Å². The maximum Gasteiger partial charge on any atom is 0.319 e. The van der Waals surface area contributed by atoms with Gasteiger partial charge in [-0.1, -0.05) is 61.0 Å². The zero-order valence-electron chi connectivity index (χ0n) is 13.9. The van der Waals surface area contributed by atoms with Crippen LogP contribution in [0.4, 0.5) is 0 Å². The molecule has 0 saturated carbocycles. The zero-order chi connectivity index (χ0) is 18.9. The van der Waals surface area contributed by atoms with Crippen molar-refractivity contribution < 1.29 is 29.4 Å². The summed E-state index contributed by atoms with van der Waals surface area (Å²) in [5.41, 5.74) is 0.306. The first kappa shape index (κ1) is 33.4. The van der Waals surface area contributed by atoms with Gasteiger partial charge in [0.05, 0.1) is 0 Å². The molecule has 6 N–H and O–H groups in total. The highest BCUT2D eigenvalue weighted by Crippen LogP contribution is 2.26. The first-order chi connectivity index (χ1) is 8.97. The first-order valence-corrected chi connectivity index (χ1v) is 11.5. The molecule has 21 heavy (non-hydrogen) atoms. The van der Waals surface area contributed by atoms with Crippen LogP contribution in [-0.4, -0.2) is 29.4 Å². The van der Waals surface area contributed by atoms with E-state index in [2.05, 4.69) is 64.8 Å². The van der Waals surface area contributed by atoms with E-state index in [0.29, 0.717) is 5.41 Å². The van der Waals surface area contributed by atoms with E-state index in [1.165, 1.54) is 6.42 Å². The summed E-state index contributed by atoms with van der Waals surface area (Å²) >= 11 is 7.21. The monoisotopic (exact) mass is 386 g/mol. The average molecular weight is 386 g/mol. The van der Waals surface area contributed by atoms with Crippen molar-refractivity contribution in [2.45, 2.75) is 54.9 Å². The lowest BCUT2D eigenvalue weighted by Gasteiger charge is -2.08. The van der Waals surface area contributed by atoms with Crippen LogP contribution in [0.2, 0.25) is 0 Å². The SMILES string of the molecule is C=CC(C)(C)C.CC.CCC.OP(O)(O)=S.OP(O)(O)=S. The van der Waals surface area contributed by atoms with Gasteiger partial charge in [-0.3, -0.25) is 0 Å². The van der Waals surface area contributed by atoms with E-state index in [1.54, 1.807) is 0 Å². The van der Waals surface area contributed by atoms with Gasteiger partial charge >= 0.3 is 13.4 Å². The molecule has 134 valence electrons. The normalized spacial score (nSPS) is 9.95. The van der Waals surface area contributed by atoms with Crippen LogP contribution in [0.3, 0.4) is 0 Å². The van der Waals surface area contributed by atoms with E-state index in [-0.39, 0.29) is 0 Å². The Morgan fingerprint density at radius 2 is 0.905 bits per heavy atom. The van der Waals surface area contributed by atoms with Gasteiger partial charge in [0.1, 0.15) is 0 Å². The van der Waals surface area contributed by atoms with E-state index in [4.69, 9.17) is 29.4 Å². The predicted octanol–water partition coefficient (Wildman–Crippen LogP) is 3.04. The number of rotatable bonds is 0. The molecular formula is C11H32O6P2S2. The second-order valence-corrected chi connectivity index (χ2v) is 9.30. The highest BCUT2D eigenvalue weighted by atomic mass is 32.5. The molecule has 0 rings (SSSR count). The fraction of sp³-hybridized carbons (Fsp3) is 0.818. The minimum Gasteiger partial charge on any atom is -0.325 e. The van der Waals surface area contributed by atoms with E-state index >= 15 is 0 Å². The molecule has 0 radical (unpaired) electrons. The topological polar surface area (TPSA) is 121 Å². The van der Waals surface area contributed by atoms with Gasteiger partial charge in [0.25, 0.3) is 0 Å². The Morgan fingerprint density at radius 3 is 0.905 bits per heavy atom. The van der Waals surface area contributed by atoms with E-state index in [1.807, 2.05) is 19.9 Å². The van der Waals surface area contributed by atoms with Crippen LogP contribution in [0, 0.1) is 5.41 Å². The lowest BCUT2D eigenvalue weighted by Crippen LogP contribution is -1.96. The third-order valence-electron chi connectivity index (χ3n) is 0.612. The summed E-state index contributed by atoms with van der Waals surface area (Å²) in [4.78, 5) is 45.3. The van der Waals surface area contributed by atoms with Crippen molar-refractivity contribution in [3.63, 3.8) is 0 Å². The Kier molecular flexibility index (Phi) is 30.0. The molecule has 0 bridgehead atoms. The summed E-state index contributed by atoms with van der Waals surface area (Å²) in [6.07, 6.45) is 3.19. The third-order valence-corrected chi connectivity index (χ3v) is 0.612. The quantitative estimate of drug-likeness (QED) is 0.278. The smallest absolute Gasteiger partial charge is 0.319 e. The summed E-state index contributed by atoms with van der Waals surface area (Å²) in [5, 5.41) is 0. The van der Waals surface area contributed by atoms with Crippen LogP contribution < -0.4 is 0 Å². The summed E-state index contributed by atoms with van der Waals surface area (Å²) in [5.74, 6) is 0. The van der Waals surface area contributed by atoms with Crippen molar-refractivity contribution in [1.29, 1.82) is 0 Å². The lowest BCUT2D eigenvalue weighted by atomic mass is 9.98. The maximum atomic E-state index is 7.56. The molecule has 6 nitrogen and oxygen atoms in total. The highest BCUT2D eigenvalue weighted by molar-refractivity contribution is 8.06. The molecule has 0 aromatic heterocycles. The summed E-state index contributed by atoms with van der Waals surface area (Å²) in [6, 6.07) is 0. The predicted molar refractivity (Wildman–Crippen MR) is 98.8 cm³/mol. The molecule has 0 spiro atoms. The van der Waals surface area contributed by atoms with Gasteiger partial charge in [0, 0.05) is 0 Å². The Labute approximate surface area is 139 Å². The van der Waals surface area contributed by atoms with Gasteiger partial charge in [0.15, 0.2) is 0 Å². The number of hydrogen-bond acceptors (Lipinski definition) is 2. The lowest BCUT2D eigenvalue weighted by molar-refractivity contribution is 0.361. The van der Waals surface area contributed by atoms with Gasteiger partial charge < -0.3 is 29.4 Å². The molecule has 0 heterocycles. The van der Waals surface area contributed by atoms with E-state index in [9.17, 15) is 0 Å². The Bertz CT molecular complexity index is 257. The van der Waals surface area contributed by atoms with Gasteiger partial charge in [-0.25, -0.2) is 0 Å². The molecule has 0 aromatic carbocycles. The highest BCUT2D eigenvalue weighted by Gasteiger charge is 1.99. The van der Waals surface area contributed by atoms with Crippen LogP contribution in [0.5, 0.6) is 0 Å². The second-order valence-electron chi connectivity index (χ2n) is 4.30. The summed E-state index contributed by atoms with van der Waals surface area (Å²) in [6.45, 7) is 10.6. The second kappa shape index (κ2) is 18.8. The summed E-state index contributed by atoms with van der Waals surface area (Å²) < 4.78 is 0. The molecule has 10 heteroatoms. The fourth-order valence-electron chi connectivity index (χ4n) is 0. The van der Waals surface area contributed by atoms with Gasteiger partial charge in [0.2, 0.25) is 0 Å². The molecule has 0 aliphatic heterocycles. The van der Waals surface area contributed by atoms with Gasteiger partial charge in [-0.2, -0.15) is 0 Å². The standard InChI is InChI=1S/C6H12.C3H8.C2H6.2H3O3PS/c1-5-6(2,3)4;1-3-2;1-2;2*1-4(2,3)5/h5H,1H2,2-4H3;3H2,1-2H3;1-2H3;2*(H3,1,2,3,5).